The van der Waals surface area contributed by atoms with Crippen molar-refractivity contribution < 1.29 is 27.9 Å². The summed E-state index contributed by atoms with van der Waals surface area (Å²) >= 11 is 0. The van der Waals surface area contributed by atoms with Crippen LogP contribution < -0.4 is 13.8 Å². The fourth-order valence-electron chi connectivity index (χ4n) is 3.36. The first-order chi connectivity index (χ1) is 14.6. The molecule has 0 aromatic heterocycles. The van der Waals surface area contributed by atoms with Gasteiger partial charge in [0.15, 0.2) is 0 Å². The van der Waals surface area contributed by atoms with Crippen LogP contribution in [-0.4, -0.2) is 50.1 Å². The number of rotatable bonds is 6. The maximum Gasteiger partial charge on any atom is 0.415 e. The highest BCUT2D eigenvalue weighted by Gasteiger charge is 2.35. The van der Waals surface area contributed by atoms with Crippen LogP contribution in [0.1, 0.15) is 30.5 Å². The second-order valence-corrected chi connectivity index (χ2v) is 8.78. The van der Waals surface area contributed by atoms with Gasteiger partial charge >= 0.3 is 16.3 Å². The maximum absolute atomic E-state index is 12.4. The summed E-state index contributed by atoms with van der Waals surface area (Å²) in [5.41, 5.74) is 2.42. The van der Waals surface area contributed by atoms with Crippen molar-refractivity contribution in [1.29, 1.82) is 0 Å². The molecule has 1 fully saturated rings. The van der Waals surface area contributed by atoms with Crippen molar-refractivity contribution in [2.45, 2.75) is 27.2 Å². The summed E-state index contributed by atoms with van der Waals surface area (Å²) < 4.78 is 32.3. The molecule has 2 N–H and O–H groups in total. The summed E-state index contributed by atoms with van der Waals surface area (Å²) in [6, 6.07) is 10.0. The van der Waals surface area contributed by atoms with Crippen LogP contribution in [-0.2, 0) is 21.4 Å². The van der Waals surface area contributed by atoms with E-state index in [1.165, 1.54) is 12.1 Å². The first-order valence-corrected chi connectivity index (χ1v) is 11.3. The lowest BCUT2D eigenvalue weighted by atomic mass is 10.0. The van der Waals surface area contributed by atoms with Crippen molar-refractivity contribution >= 4 is 27.9 Å². The van der Waals surface area contributed by atoms with E-state index in [9.17, 15) is 23.1 Å². The number of hydrogen-bond acceptors (Lipinski definition) is 6. The Labute approximate surface area is 181 Å². The lowest BCUT2D eigenvalue weighted by Gasteiger charge is -2.20. The van der Waals surface area contributed by atoms with Crippen molar-refractivity contribution in [3.63, 3.8) is 0 Å². The number of phenols is 1. The van der Waals surface area contributed by atoms with Crippen LogP contribution in [0, 0.1) is 6.92 Å². The average Bonchev–Trinajstić information content (AvgIpc) is 2.97. The molecule has 0 unspecified atom stereocenters. The third-order valence-corrected chi connectivity index (χ3v) is 6.35. The third-order valence-electron chi connectivity index (χ3n) is 4.96. The molecule has 1 aliphatic heterocycles. The molecule has 1 heterocycles. The third kappa shape index (κ3) is 4.91. The highest BCUT2D eigenvalue weighted by atomic mass is 32.2. The molecular formula is C21H25N3O6S. The minimum atomic E-state index is -4.01. The predicted molar refractivity (Wildman–Crippen MR) is 115 cm³/mol. The Kier molecular flexibility index (Phi) is 6.40. The average molecular weight is 448 g/mol. The van der Waals surface area contributed by atoms with Crippen LogP contribution in [0.5, 0.6) is 11.5 Å². The topological polar surface area (TPSA) is 116 Å². The standard InChI is InChI=1S/C21H25N3O6S/c1-4-23(5-2)21(27)30-19-9-6-14(3)10-16(19)11-15-7-8-17(18(25)12-15)24-13-20(26)22-31(24,28)29/h6-10,12,25H,4-5,11,13H2,1-3H3,(H,22,26). The number of hydrogen-bond donors (Lipinski definition) is 2. The second-order valence-electron chi connectivity index (χ2n) is 7.19. The second kappa shape index (κ2) is 8.84. The van der Waals surface area contributed by atoms with Gasteiger partial charge in [0.25, 0.3) is 5.91 Å². The Hall–Kier alpha value is -3.27. The molecule has 1 saturated heterocycles. The number of phenolic OH excluding ortho intramolecular Hbond substituents is 1. The van der Waals surface area contributed by atoms with Crippen molar-refractivity contribution in [3.8, 4) is 11.5 Å². The van der Waals surface area contributed by atoms with Gasteiger partial charge in [-0.3, -0.25) is 4.79 Å². The number of aryl methyl sites for hydroxylation is 1. The lowest BCUT2D eigenvalue weighted by Crippen LogP contribution is -2.33. The van der Waals surface area contributed by atoms with Crippen LogP contribution in [0.3, 0.4) is 0 Å². The summed E-state index contributed by atoms with van der Waals surface area (Å²) in [5.74, 6) is -0.516. The zero-order valence-corrected chi connectivity index (χ0v) is 18.4. The van der Waals surface area contributed by atoms with Crippen molar-refractivity contribution in [3.05, 3.63) is 53.1 Å². The molecule has 1 aliphatic rings. The van der Waals surface area contributed by atoms with Gasteiger partial charge in [0.05, 0.1) is 5.69 Å². The maximum atomic E-state index is 12.4. The van der Waals surface area contributed by atoms with Gasteiger partial charge in [-0.2, -0.15) is 8.42 Å². The summed E-state index contributed by atoms with van der Waals surface area (Å²) in [6.07, 6.45) is -0.0926. The smallest absolute Gasteiger partial charge is 0.415 e. The minimum absolute atomic E-state index is 0.0135. The van der Waals surface area contributed by atoms with E-state index in [0.717, 1.165) is 15.4 Å². The van der Waals surface area contributed by atoms with Gasteiger partial charge in [0.2, 0.25) is 0 Å². The molecule has 0 spiro atoms. The van der Waals surface area contributed by atoms with Crippen molar-refractivity contribution in [2.24, 2.45) is 0 Å². The molecule has 2 aromatic carbocycles. The molecule has 3 rings (SSSR count). The zero-order chi connectivity index (χ0) is 22.8. The first kappa shape index (κ1) is 22.4. The van der Waals surface area contributed by atoms with E-state index in [0.29, 0.717) is 30.8 Å². The molecule has 166 valence electrons. The molecule has 0 atom stereocenters. The Morgan fingerprint density at radius 2 is 1.90 bits per heavy atom. The molecule has 2 amide bonds. The van der Waals surface area contributed by atoms with Crippen LogP contribution in [0.4, 0.5) is 10.5 Å². The Morgan fingerprint density at radius 1 is 1.19 bits per heavy atom. The predicted octanol–water partition coefficient (Wildman–Crippen LogP) is 2.31. The normalized spacial score (nSPS) is 14.9. The molecule has 0 bridgehead atoms. The number of aromatic hydroxyl groups is 1. The lowest BCUT2D eigenvalue weighted by molar-refractivity contribution is -0.117. The highest BCUT2D eigenvalue weighted by Crippen LogP contribution is 2.33. The highest BCUT2D eigenvalue weighted by molar-refractivity contribution is 7.92. The monoisotopic (exact) mass is 447 g/mol. The Bertz CT molecular complexity index is 1110. The summed E-state index contributed by atoms with van der Waals surface area (Å²) in [5, 5.41) is 10.4. The number of ether oxygens (including phenoxy) is 1. The SMILES string of the molecule is CCN(CC)C(=O)Oc1ccc(C)cc1Cc1ccc(N2CC(=O)NS2(=O)=O)c(O)c1. The van der Waals surface area contributed by atoms with Crippen LogP contribution in [0.2, 0.25) is 0 Å². The molecule has 2 aromatic rings. The molecule has 0 aliphatic carbocycles. The first-order valence-electron chi connectivity index (χ1n) is 9.86. The van der Waals surface area contributed by atoms with Gasteiger partial charge in [0.1, 0.15) is 18.0 Å². The number of carbonyl (C=O) groups is 2. The number of carbonyl (C=O) groups excluding carboxylic acids is 2. The fourth-order valence-corrected chi connectivity index (χ4v) is 4.52. The van der Waals surface area contributed by atoms with Crippen molar-refractivity contribution in [2.75, 3.05) is 23.9 Å². The number of amides is 2. The van der Waals surface area contributed by atoms with E-state index in [1.807, 2.05) is 37.6 Å². The molecule has 9 nitrogen and oxygen atoms in total. The number of nitrogens with zero attached hydrogens (tertiary/aromatic N) is 2. The Balaban J connectivity index is 1.86. The molecule has 0 saturated carbocycles. The van der Waals surface area contributed by atoms with Crippen LogP contribution in [0.25, 0.3) is 0 Å². The molecule has 0 radical (unpaired) electrons. The van der Waals surface area contributed by atoms with E-state index in [2.05, 4.69) is 0 Å². The summed E-state index contributed by atoms with van der Waals surface area (Å²) in [6.45, 7) is 6.33. The summed E-state index contributed by atoms with van der Waals surface area (Å²) in [4.78, 5) is 25.4. The number of anilines is 1. The molecule has 10 heteroatoms. The minimum Gasteiger partial charge on any atom is -0.506 e. The van der Waals surface area contributed by atoms with E-state index in [4.69, 9.17) is 4.74 Å². The summed E-state index contributed by atoms with van der Waals surface area (Å²) in [7, 11) is -4.01. The van der Waals surface area contributed by atoms with E-state index in [-0.39, 0.29) is 11.4 Å². The quantitative estimate of drug-likeness (QED) is 0.702. The van der Waals surface area contributed by atoms with E-state index < -0.39 is 28.8 Å². The van der Waals surface area contributed by atoms with E-state index in [1.54, 1.807) is 17.0 Å². The zero-order valence-electron chi connectivity index (χ0n) is 17.6. The molecule has 31 heavy (non-hydrogen) atoms. The number of nitrogens with one attached hydrogen (secondary N) is 1. The van der Waals surface area contributed by atoms with Gasteiger partial charge in [-0.05, 0) is 50.1 Å². The number of benzene rings is 2. The van der Waals surface area contributed by atoms with E-state index >= 15 is 0 Å². The Morgan fingerprint density at radius 3 is 2.48 bits per heavy atom. The van der Waals surface area contributed by atoms with Gasteiger partial charge in [-0.25, -0.2) is 13.8 Å². The van der Waals surface area contributed by atoms with Gasteiger partial charge in [0, 0.05) is 19.5 Å². The van der Waals surface area contributed by atoms with Gasteiger partial charge in [-0.1, -0.05) is 23.8 Å². The van der Waals surface area contributed by atoms with Crippen LogP contribution >= 0.6 is 0 Å². The van der Waals surface area contributed by atoms with Gasteiger partial charge in [-0.15, -0.1) is 0 Å². The van der Waals surface area contributed by atoms with Gasteiger partial charge < -0.3 is 14.7 Å². The fraction of sp³-hybridized carbons (Fsp3) is 0.333. The largest absolute Gasteiger partial charge is 0.506 e. The molecular weight excluding hydrogens is 422 g/mol. The van der Waals surface area contributed by atoms with Crippen molar-refractivity contribution in [1.82, 2.24) is 9.62 Å². The van der Waals surface area contributed by atoms with Crippen LogP contribution in [0.15, 0.2) is 36.4 Å².